The van der Waals surface area contributed by atoms with Crippen molar-refractivity contribution in [1.29, 1.82) is 0 Å². The number of benzene rings is 1. The van der Waals surface area contributed by atoms with Crippen molar-refractivity contribution in [2.75, 3.05) is 23.3 Å². The van der Waals surface area contributed by atoms with Gasteiger partial charge in [-0.1, -0.05) is 11.6 Å². The standard InChI is InChI=1S/C17H16ClN5O3S/c18-12-4-6-15(19-10-12)20-17(27)21-16(24)11-3-5-13(14(9-11)23(25)26)22-7-1-2-8-22/h3-6,9-10H,1-2,7-8H2,(H2,19,20,21,24,27). The molecule has 1 aliphatic heterocycles. The van der Waals surface area contributed by atoms with Crippen LogP contribution in [-0.4, -0.2) is 34.0 Å². The van der Waals surface area contributed by atoms with Crippen LogP contribution < -0.4 is 15.5 Å². The lowest BCUT2D eigenvalue weighted by Gasteiger charge is -2.18. The van der Waals surface area contributed by atoms with Crippen LogP contribution >= 0.6 is 23.8 Å². The van der Waals surface area contributed by atoms with Gasteiger partial charge < -0.3 is 10.2 Å². The molecule has 1 aromatic heterocycles. The summed E-state index contributed by atoms with van der Waals surface area (Å²) in [4.78, 5) is 29.3. The molecule has 1 saturated heterocycles. The second-order valence-corrected chi connectivity index (χ2v) is 6.77. The topological polar surface area (TPSA) is 100 Å². The molecule has 140 valence electrons. The Morgan fingerprint density at radius 2 is 2.00 bits per heavy atom. The largest absolute Gasteiger partial charge is 0.366 e. The molecule has 1 fully saturated rings. The summed E-state index contributed by atoms with van der Waals surface area (Å²) in [5, 5.41) is 17.2. The van der Waals surface area contributed by atoms with Crippen molar-refractivity contribution >= 4 is 52.0 Å². The van der Waals surface area contributed by atoms with E-state index in [4.69, 9.17) is 23.8 Å². The van der Waals surface area contributed by atoms with Crippen LogP contribution in [0.5, 0.6) is 0 Å². The zero-order valence-electron chi connectivity index (χ0n) is 14.1. The van der Waals surface area contributed by atoms with Gasteiger partial charge in [-0.05, 0) is 49.3 Å². The number of hydrogen-bond acceptors (Lipinski definition) is 6. The predicted molar refractivity (Wildman–Crippen MR) is 107 cm³/mol. The molecule has 3 rings (SSSR count). The van der Waals surface area contributed by atoms with Gasteiger partial charge in [0.15, 0.2) is 5.11 Å². The molecule has 27 heavy (non-hydrogen) atoms. The molecule has 2 heterocycles. The van der Waals surface area contributed by atoms with Crippen molar-refractivity contribution in [3.63, 3.8) is 0 Å². The van der Waals surface area contributed by atoms with Gasteiger partial charge in [-0.3, -0.25) is 20.2 Å². The van der Waals surface area contributed by atoms with Crippen LogP contribution in [0.25, 0.3) is 0 Å². The molecular weight excluding hydrogens is 390 g/mol. The normalized spacial score (nSPS) is 13.3. The van der Waals surface area contributed by atoms with Crippen LogP contribution in [0.1, 0.15) is 23.2 Å². The van der Waals surface area contributed by atoms with Crippen molar-refractivity contribution in [3.8, 4) is 0 Å². The molecule has 0 radical (unpaired) electrons. The second-order valence-electron chi connectivity index (χ2n) is 5.92. The molecule has 0 atom stereocenters. The number of anilines is 2. The van der Waals surface area contributed by atoms with Crippen LogP contribution in [0.3, 0.4) is 0 Å². The van der Waals surface area contributed by atoms with Gasteiger partial charge in [0.05, 0.1) is 9.95 Å². The number of aromatic nitrogens is 1. The molecular formula is C17H16ClN5O3S. The monoisotopic (exact) mass is 405 g/mol. The third-order valence-corrected chi connectivity index (χ3v) is 4.50. The fraction of sp³-hybridized carbons (Fsp3) is 0.235. The van der Waals surface area contributed by atoms with Gasteiger partial charge in [0.25, 0.3) is 11.6 Å². The summed E-state index contributed by atoms with van der Waals surface area (Å²) in [5.74, 6) is -0.127. The summed E-state index contributed by atoms with van der Waals surface area (Å²) in [6, 6.07) is 7.67. The summed E-state index contributed by atoms with van der Waals surface area (Å²) in [6.07, 6.45) is 3.44. The van der Waals surface area contributed by atoms with E-state index in [1.165, 1.54) is 12.3 Å². The van der Waals surface area contributed by atoms with Crippen molar-refractivity contribution in [2.45, 2.75) is 12.8 Å². The lowest BCUT2D eigenvalue weighted by molar-refractivity contribution is -0.384. The maximum Gasteiger partial charge on any atom is 0.293 e. The van der Waals surface area contributed by atoms with Crippen LogP contribution in [0.15, 0.2) is 36.5 Å². The molecule has 0 saturated carbocycles. The minimum Gasteiger partial charge on any atom is -0.366 e. The molecule has 0 bridgehead atoms. The average molecular weight is 406 g/mol. The van der Waals surface area contributed by atoms with E-state index in [1.54, 1.807) is 24.3 Å². The first-order valence-corrected chi connectivity index (χ1v) is 9.00. The van der Waals surface area contributed by atoms with Gasteiger partial charge in [0, 0.05) is 30.9 Å². The molecule has 1 amide bonds. The van der Waals surface area contributed by atoms with Crippen molar-refractivity contribution < 1.29 is 9.72 Å². The first kappa shape index (κ1) is 19.0. The molecule has 1 aliphatic rings. The quantitative estimate of drug-likeness (QED) is 0.457. The van der Waals surface area contributed by atoms with Gasteiger partial charge in [0.2, 0.25) is 0 Å². The van der Waals surface area contributed by atoms with Crippen LogP contribution in [0.4, 0.5) is 17.2 Å². The van der Waals surface area contributed by atoms with Crippen molar-refractivity contribution in [3.05, 3.63) is 57.2 Å². The Labute approximate surface area is 165 Å². The molecule has 0 aliphatic carbocycles. The first-order valence-electron chi connectivity index (χ1n) is 8.21. The summed E-state index contributed by atoms with van der Waals surface area (Å²) >= 11 is 10.8. The highest BCUT2D eigenvalue weighted by Gasteiger charge is 2.24. The number of amides is 1. The highest BCUT2D eigenvalue weighted by molar-refractivity contribution is 7.80. The van der Waals surface area contributed by atoms with Crippen molar-refractivity contribution in [1.82, 2.24) is 10.3 Å². The predicted octanol–water partition coefficient (Wildman–Crippen LogP) is 3.37. The number of nitrogens with zero attached hydrogens (tertiary/aromatic N) is 3. The number of carbonyl (C=O) groups is 1. The summed E-state index contributed by atoms with van der Waals surface area (Å²) in [5.41, 5.74) is 0.584. The van der Waals surface area contributed by atoms with E-state index in [2.05, 4.69) is 15.6 Å². The number of halogens is 1. The van der Waals surface area contributed by atoms with Crippen LogP contribution in [-0.2, 0) is 0 Å². The van der Waals surface area contributed by atoms with Crippen LogP contribution in [0, 0.1) is 10.1 Å². The molecule has 2 aromatic rings. The first-order chi connectivity index (χ1) is 12.9. The number of carbonyl (C=O) groups excluding carboxylic acids is 1. The molecule has 1 aromatic carbocycles. The Hall–Kier alpha value is -2.78. The van der Waals surface area contributed by atoms with Crippen LogP contribution in [0.2, 0.25) is 5.02 Å². The number of thiocarbonyl (C=S) groups is 1. The van der Waals surface area contributed by atoms with Crippen molar-refractivity contribution in [2.24, 2.45) is 0 Å². The molecule has 0 spiro atoms. The molecule has 10 heteroatoms. The number of hydrogen-bond donors (Lipinski definition) is 2. The highest BCUT2D eigenvalue weighted by Crippen LogP contribution is 2.31. The zero-order valence-corrected chi connectivity index (χ0v) is 15.7. The van der Waals surface area contributed by atoms with E-state index < -0.39 is 10.8 Å². The third-order valence-electron chi connectivity index (χ3n) is 4.08. The highest BCUT2D eigenvalue weighted by atomic mass is 35.5. The minimum absolute atomic E-state index is 0.0288. The Bertz CT molecular complexity index is 885. The summed E-state index contributed by atoms with van der Waals surface area (Å²) in [7, 11) is 0. The van der Waals surface area contributed by atoms with E-state index in [1.807, 2.05) is 4.90 Å². The lowest BCUT2D eigenvalue weighted by Crippen LogP contribution is -2.34. The average Bonchev–Trinajstić information content (AvgIpc) is 3.17. The van der Waals surface area contributed by atoms with E-state index >= 15 is 0 Å². The van der Waals surface area contributed by atoms with E-state index in [0.717, 1.165) is 25.9 Å². The Morgan fingerprint density at radius 1 is 1.26 bits per heavy atom. The minimum atomic E-state index is -0.544. The van der Waals surface area contributed by atoms with Gasteiger partial charge in [-0.2, -0.15) is 0 Å². The van der Waals surface area contributed by atoms with E-state index in [9.17, 15) is 14.9 Å². The third kappa shape index (κ3) is 4.69. The smallest absolute Gasteiger partial charge is 0.293 e. The Kier molecular flexibility index (Phi) is 5.82. The number of nitrogens with one attached hydrogen (secondary N) is 2. The second kappa shape index (κ2) is 8.28. The Balaban J connectivity index is 1.72. The van der Waals surface area contributed by atoms with E-state index in [-0.39, 0.29) is 16.4 Å². The summed E-state index contributed by atoms with van der Waals surface area (Å²) in [6.45, 7) is 1.54. The Morgan fingerprint density at radius 3 is 2.63 bits per heavy atom. The number of nitro groups is 1. The van der Waals surface area contributed by atoms with Gasteiger partial charge in [0.1, 0.15) is 11.5 Å². The fourth-order valence-electron chi connectivity index (χ4n) is 2.81. The van der Waals surface area contributed by atoms with Gasteiger partial charge in [-0.15, -0.1) is 0 Å². The maximum absolute atomic E-state index is 12.4. The van der Waals surface area contributed by atoms with Gasteiger partial charge in [-0.25, -0.2) is 4.98 Å². The molecule has 2 N–H and O–H groups in total. The number of rotatable bonds is 4. The maximum atomic E-state index is 12.4. The van der Waals surface area contributed by atoms with Gasteiger partial charge >= 0.3 is 0 Å². The number of nitro benzene ring substituents is 1. The lowest BCUT2D eigenvalue weighted by atomic mass is 10.1. The fourth-order valence-corrected chi connectivity index (χ4v) is 3.12. The molecule has 0 unspecified atom stereocenters. The summed E-state index contributed by atoms with van der Waals surface area (Å²) < 4.78 is 0. The SMILES string of the molecule is O=C(NC(=S)Nc1ccc(Cl)cn1)c1ccc(N2CCCC2)c([N+](=O)[O-])c1. The van der Waals surface area contributed by atoms with E-state index in [0.29, 0.717) is 16.5 Å². The number of pyridine rings is 1. The zero-order chi connectivity index (χ0) is 19.4. The molecule has 8 nitrogen and oxygen atoms in total.